The summed E-state index contributed by atoms with van der Waals surface area (Å²) in [6.45, 7) is 13.2. The van der Waals surface area contributed by atoms with E-state index in [4.69, 9.17) is 16.9 Å². The van der Waals surface area contributed by atoms with Crippen LogP contribution in [0.3, 0.4) is 0 Å². The minimum Gasteiger partial charge on any atom is -0.480 e. The number of carboxylic acid groups (broad SMARTS) is 1. The zero-order chi connectivity index (χ0) is 48.6. The molecule has 0 aromatic heterocycles. The summed E-state index contributed by atoms with van der Waals surface area (Å²) < 4.78 is 0. The molecule has 23 nitrogen and oxygen atoms in total. The second-order valence-corrected chi connectivity index (χ2v) is 17.7. The fourth-order valence-electron chi connectivity index (χ4n) is 7.50. The Morgan fingerprint density at radius 3 is 1.75 bits per heavy atom. The van der Waals surface area contributed by atoms with Gasteiger partial charge in [-0.25, -0.2) is 4.79 Å². The molecule has 14 N–H and O–H groups in total. The molecule has 0 aromatic carbocycles. The van der Waals surface area contributed by atoms with Crippen molar-refractivity contribution in [2.75, 3.05) is 26.2 Å². The molecule has 0 spiro atoms. The van der Waals surface area contributed by atoms with Crippen molar-refractivity contribution in [1.29, 1.82) is 5.41 Å². The number of nitrogens with zero attached hydrogens (tertiary/aromatic N) is 2. The number of carboxylic acids is 1. The van der Waals surface area contributed by atoms with Crippen molar-refractivity contribution in [3.8, 4) is 0 Å². The van der Waals surface area contributed by atoms with Crippen molar-refractivity contribution in [3.63, 3.8) is 0 Å². The summed E-state index contributed by atoms with van der Waals surface area (Å²) in [7, 11) is 0. The number of carbonyl (C=O) groups excluding carboxylic acids is 8. The molecule has 362 valence electrons. The molecule has 2 aliphatic heterocycles. The summed E-state index contributed by atoms with van der Waals surface area (Å²) in [6.07, 6.45) is 0.875. The van der Waals surface area contributed by atoms with Gasteiger partial charge in [0.15, 0.2) is 5.96 Å². The Balaban J connectivity index is 2.01. The summed E-state index contributed by atoms with van der Waals surface area (Å²) in [5, 5.41) is 45.0. The molecule has 2 heterocycles. The Morgan fingerprint density at radius 2 is 1.23 bits per heavy atom. The Kier molecular flexibility index (Phi) is 21.9. The molecule has 0 bridgehead atoms. The fraction of sp³-hybridized carbons (Fsp3) is 0.756. The van der Waals surface area contributed by atoms with Crippen LogP contribution in [0.5, 0.6) is 0 Å². The van der Waals surface area contributed by atoms with Crippen LogP contribution in [0.15, 0.2) is 0 Å². The van der Waals surface area contributed by atoms with Gasteiger partial charge in [0.05, 0.1) is 18.7 Å². The van der Waals surface area contributed by atoms with Crippen molar-refractivity contribution in [2.45, 2.75) is 155 Å². The summed E-state index contributed by atoms with van der Waals surface area (Å²) in [4.78, 5) is 121. The number of nitrogens with one attached hydrogen (secondary N) is 8. The van der Waals surface area contributed by atoms with Gasteiger partial charge in [-0.1, -0.05) is 41.5 Å². The molecular weight excluding hydrogens is 837 g/mol. The van der Waals surface area contributed by atoms with Crippen LogP contribution in [0.2, 0.25) is 0 Å². The maximum Gasteiger partial charge on any atom is 0.326 e. The second-order valence-electron chi connectivity index (χ2n) is 17.7. The fourth-order valence-corrected chi connectivity index (χ4v) is 7.50. The maximum absolute atomic E-state index is 13.7. The van der Waals surface area contributed by atoms with Crippen LogP contribution in [0.4, 0.5) is 0 Å². The van der Waals surface area contributed by atoms with E-state index in [1.807, 2.05) is 0 Å². The Labute approximate surface area is 374 Å². The quantitative estimate of drug-likeness (QED) is 0.0260. The third-order valence-electron chi connectivity index (χ3n) is 11.1. The average molecular weight is 909 g/mol. The third kappa shape index (κ3) is 16.5. The summed E-state index contributed by atoms with van der Waals surface area (Å²) in [5.74, 6) is -7.71. The largest absolute Gasteiger partial charge is 0.480 e. The highest BCUT2D eigenvalue weighted by molar-refractivity contribution is 5.98. The van der Waals surface area contributed by atoms with Gasteiger partial charge in [-0.2, -0.15) is 0 Å². The van der Waals surface area contributed by atoms with E-state index in [1.165, 1.54) is 23.6 Å². The van der Waals surface area contributed by atoms with Gasteiger partial charge in [0.1, 0.15) is 42.3 Å². The first-order valence-electron chi connectivity index (χ1n) is 22.0. The number of aliphatic hydroxyl groups excluding tert-OH is 1. The molecule has 8 amide bonds. The van der Waals surface area contributed by atoms with Crippen LogP contribution < -0.4 is 48.7 Å². The molecule has 0 saturated carbocycles. The highest BCUT2D eigenvalue weighted by Crippen LogP contribution is 2.22. The average Bonchev–Trinajstić information content (AvgIpc) is 3.91. The number of carbonyl (C=O) groups is 9. The van der Waals surface area contributed by atoms with Crippen molar-refractivity contribution < 1.29 is 53.4 Å². The zero-order valence-electron chi connectivity index (χ0n) is 38.3. The predicted molar refractivity (Wildman–Crippen MR) is 233 cm³/mol. The molecular formula is C41H72N12O11. The van der Waals surface area contributed by atoms with Gasteiger partial charge in [0, 0.05) is 19.6 Å². The molecule has 0 aromatic rings. The number of aliphatic carboxylic acids is 1. The van der Waals surface area contributed by atoms with E-state index in [1.54, 1.807) is 41.5 Å². The van der Waals surface area contributed by atoms with E-state index in [-0.39, 0.29) is 50.1 Å². The van der Waals surface area contributed by atoms with Gasteiger partial charge in [-0.15, -0.1) is 0 Å². The molecule has 2 aliphatic rings. The van der Waals surface area contributed by atoms with Crippen LogP contribution in [0.25, 0.3) is 0 Å². The number of rotatable bonds is 24. The normalized spacial score (nSPS) is 19.4. The monoisotopic (exact) mass is 909 g/mol. The lowest BCUT2D eigenvalue weighted by molar-refractivity contribution is -0.144. The van der Waals surface area contributed by atoms with E-state index in [9.17, 15) is 53.4 Å². The lowest BCUT2D eigenvalue weighted by Gasteiger charge is -2.31. The van der Waals surface area contributed by atoms with Crippen LogP contribution in [0.1, 0.15) is 100 Å². The number of hydrogen-bond donors (Lipinski definition) is 12. The molecule has 0 aliphatic carbocycles. The van der Waals surface area contributed by atoms with E-state index >= 15 is 0 Å². The van der Waals surface area contributed by atoms with Gasteiger partial charge < -0.3 is 68.7 Å². The number of nitrogens with two attached hydrogens (primary N) is 2. The van der Waals surface area contributed by atoms with Gasteiger partial charge in [0.2, 0.25) is 47.3 Å². The van der Waals surface area contributed by atoms with Crippen LogP contribution >= 0.6 is 0 Å². The first-order chi connectivity index (χ1) is 29.9. The molecule has 2 rings (SSSR count). The van der Waals surface area contributed by atoms with Crippen LogP contribution in [0, 0.1) is 23.2 Å². The molecule has 2 fully saturated rings. The summed E-state index contributed by atoms with van der Waals surface area (Å²) in [6, 6.07) is -8.98. The van der Waals surface area contributed by atoms with E-state index in [0.717, 1.165) is 0 Å². The van der Waals surface area contributed by atoms with Crippen molar-refractivity contribution >= 4 is 59.2 Å². The molecule has 23 heteroatoms. The Bertz CT molecular complexity index is 1690. The minimum atomic E-state index is -1.52. The summed E-state index contributed by atoms with van der Waals surface area (Å²) in [5.41, 5.74) is 11.3. The maximum atomic E-state index is 13.7. The van der Waals surface area contributed by atoms with E-state index in [2.05, 4.69) is 37.2 Å². The van der Waals surface area contributed by atoms with Crippen molar-refractivity contribution in [2.24, 2.45) is 29.2 Å². The Morgan fingerprint density at radius 1 is 0.688 bits per heavy atom. The Hall–Kier alpha value is -5.58. The summed E-state index contributed by atoms with van der Waals surface area (Å²) >= 11 is 0. The molecule has 2 saturated heterocycles. The van der Waals surface area contributed by atoms with Crippen LogP contribution in [-0.4, -0.2) is 160 Å². The van der Waals surface area contributed by atoms with Gasteiger partial charge in [-0.3, -0.25) is 43.8 Å². The predicted octanol–water partition coefficient (Wildman–Crippen LogP) is -3.06. The number of hydrogen-bond acceptors (Lipinski definition) is 12. The lowest BCUT2D eigenvalue weighted by atomic mass is 10.0. The second kappa shape index (κ2) is 25.6. The first kappa shape index (κ1) is 54.6. The third-order valence-corrected chi connectivity index (χ3v) is 11.1. The highest BCUT2D eigenvalue weighted by atomic mass is 16.4. The van der Waals surface area contributed by atoms with Crippen LogP contribution in [-0.2, 0) is 43.2 Å². The van der Waals surface area contributed by atoms with Gasteiger partial charge >= 0.3 is 5.97 Å². The zero-order valence-corrected chi connectivity index (χ0v) is 38.3. The van der Waals surface area contributed by atoms with E-state index < -0.39 is 120 Å². The number of guanidine groups is 1. The number of likely N-dealkylation sites (tertiary alicyclic amines) is 2. The van der Waals surface area contributed by atoms with Gasteiger partial charge in [0.25, 0.3) is 0 Å². The standard InChI is InChI=1S/C41H72N12O11/c1-20(2)18-26(40(63)64)48-37(60)32(24(8)54)51-35(58)28-14-11-16-52(28)38(61)23(7)47-36(59)30(21(3)4)49-29(55)19-46-34(57)27-13-10-17-53(27)39(62)31(22(5)6)50-33(56)25(42)12-9-15-45-41(43)44/h20-28,30-32,54H,9-19,42H2,1-8H3,(H,46,57)(H,47,59)(H,48,60)(H,49,55)(H,50,56)(H,51,58)(H,63,64)(H4,43,44,45)/t23-,24+,25-,26-,27-,28-,30-,31-,32-/m0/s1. The molecule has 64 heavy (non-hydrogen) atoms. The number of amides is 8. The molecule has 0 radical (unpaired) electrons. The smallest absolute Gasteiger partial charge is 0.326 e. The van der Waals surface area contributed by atoms with Crippen molar-refractivity contribution in [3.05, 3.63) is 0 Å². The molecule has 0 unspecified atom stereocenters. The number of aliphatic hydroxyl groups is 1. The highest BCUT2D eigenvalue weighted by Gasteiger charge is 2.41. The van der Waals surface area contributed by atoms with Crippen molar-refractivity contribution in [1.82, 2.24) is 47.0 Å². The molecule has 9 atom stereocenters. The minimum absolute atomic E-state index is 0.0743. The topological polar surface area (TPSA) is 361 Å². The first-order valence-corrected chi connectivity index (χ1v) is 22.0. The lowest BCUT2D eigenvalue weighted by Crippen LogP contribution is -2.60. The van der Waals surface area contributed by atoms with E-state index in [0.29, 0.717) is 32.2 Å². The SMILES string of the molecule is CC(C)C[C@H](NC(=O)[C@@H](NC(=O)[C@@H]1CCCN1C(=O)[C@H](C)NC(=O)[C@@H](NC(=O)CNC(=O)[C@@H]1CCCN1C(=O)[C@@H](NC(=O)[C@@H](N)CCCNC(=N)N)C(C)C)C(C)C)[C@@H](C)O)C(=O)O. The van der Waals surface area contributed by atoms with Gasteiger partial charge in [-0.05, 0) is 76.5 Å².